The van der Waals surface area contributed by atoms with Crippen molar-refractivity contribution in [3.63, 3.8) is 0 Å². The standard InChI is InChI=1S/C23H26ClN5O2S/c1-4-6-19-26-27-23-29(19)28-20(15-9-12-18(31-3)17(24)13-15)21(32-23)22(30)25-16-10-7-14(5-2)8-11-16/h7-13,20-21,28H,4-6H2,1-3H3,(H,25,30)/t20-,21-/m0/s1. The van der Waals surface area contributed by atoms with Gasteiger partial charge in [0.15, 0.2) is 5.82 Å². The lowest BCUT2D eigenvalue weighted by Gasteiger charge is -2.33. The van der Waals surface area contributed by atoms with Crippen LogP contribution in [0.25, 0.3) is 0 Å². The number of hydrogen-bond acceptors (Lipinski definition) is 6. The van der Waals surface area contributed by atoms with E-state index in [4.69, 9.17) is 16.3 Å². The summed E-state index contributed by atoms with van der Waals surface area (Å²) >= 11 is 7.80. The van der Waals surface area contributed by atoms with Gasteiger partial charge in [-0.3, -0.25) is 4.79 Å². The van der Waals surface area contributed by atoms with Gasteiger partial charge in [0.25, 0.3) is 0 Å². The number of hydrogen-bond donors (Lipinski definition) is 2. The first kappa shape index (κ1) is 22.5. The maximum atomic E-state index is 13.4. The molecule has 0 unspecified atom stereocenters. The van der Waals surface area contributed by atoms with Crippen molar-refractivity contribution in [2.75, 3.05) is 17.9 Å². The molecule has 1 amide bonds. The smallest absolute Gasteiger partial charge is 0.240 e. The molecule has 32 heavy (non-hydrogen) atoms. The molecular weight excluding hydrogens is 446 g/mol. The quantitative estimate of drug-likeness (QED) is 0.512. The van der Waals surface area contributed by atoms with Crippen LogP contribution in [0.4, 0.5) is 5.69 Å². The molecule has 1 aliphatic rings. The van der Waals surface area contributed by atoms with Crippen LogP contribution in [0.2, 0.25) is 5.02 Å². The summed E-state index contributed by atoms with van der Waals surface area (Å²) in [4.78, 5) is 13.4. The fourth-order valence-corrected chi connectivity index (χ4v) is 5.01. The van der Waals surface area contributed by atoms with Crippen molar-refractivity contribution in [2.24, 2.45) is 0 Å². The van der Waals surface area contributed by atoms with E-state index in [9.17, 15) is 4.79 Å². The summed E-state index contributed by atoms with van der Waals surface area (Å²) in [5.41, 5.74) is 6.32. The zero-order valence-corrected chi connectivity index (χ0v) is 19.8. The van der Waals surface area contributed by atoms with Gasteiger partial charge in [-0.25, -0.2) is 4.68 Å². The Balaban J connectivity index is 1.66. The van der Waals surface area contributed by atoms with E-state index in [1.54, 1.807) is 7.11 Å². The summed E-state index contributed by atoms with van der Waals surface area (Å²) in [6.45, 7) is 4.20. The number of rotatable bonds is 7. The number of nitrogens with one attached hydrogen (secondary N) is 2. The maximum Gasteiger partial charge on any atom is 0.240 e. The van der Waals surface area contributed by atoms with Crippen molar-refractivity contribution in [1.29, 1.82) is 0 Å². The lowest BCUT2D eigenvalue weighted by atomic mass is 10.0. The molecular formula is C23H26ClN5O2S. The summed E-state index contributed by atoms with van der Waals surface area (Å²) in [5, 5.41) is 12.3. The molecule has 1 aromatic heterocycles. The second-order valence-electron chi connectivity index (χ2n) is 7.56. The minimum Gasteiger partial charge on any atom is -0.495 e. The third kappa shape index (κ3) is 4.56. The van der Waals surface area contributed by atoms with Gasteiger partial charge in [-0.05, 0) is 48.2 Å². The Morgan fingerprint density at radius 3 is 2.66 bits per heavy atom. The number of halogens is 1. The number of anilines is 1. The van der Waals surface area contributed by atoms with Crippen LogP contribution < -0.4 is 15.5 Å². The van der Waals surface area contributed by atoms with Crippen LogP contribution in [0.15, 0.2) is 47.6 Å². The van der Waals surface area contributed by atoms with Crippen molar-refractivity contribution >= 4 is 35.0 Å². The Morgan fingerprint density at radius 1 is 1.22 bits per heavy atom. The number of fused-ring (bicyclic) bond motifs is 1. The molecule has 0 bridgehead atoms. The van der Waals surface area contributed by atoms with E-state index in [1.807, 2.05) is 47.1 Å². The molecule has 2 atom stereocenters. The largest absolute Gasteiger partial charge is 0.495 e. The maximum absolute atomic E-state index is 13.4. The van der Waals surface area contributed by atoms with E-state index in [-0.39, 0.29) is 11.9 Å². The highest BCUT2D eigenvalue weighted by Crippen LogP contribution is 2.39. The number of thioether (sulfide) groups is 1. The van der Waals surface area contributed by atoms with Crippen LogP contribution in [-0.2, 0) is 17.6 Å². The number of aryl methyl sites for hydroxylation is 2. The zero-order chi connectivity index (χ0) is 22.7. The molecule has 0 saturated heterocycles. The molecule has 9 heteroatoms. The number of carbonyl (C=O) groups excluding carboxylic acids is 1. The van der Waals surface area contributed by atoms with Gasteiger partial charge in [-0.2, -0.15) is 0 Å². The normalized spacial score (nSPS) is 17.4. The predicted octanol–water partition coefficient (Wildman–Crippen LogP) is 4.85. The van der Waals surface area contributed by atoms with Gasteiger partial charge in [0, 0.05) is 12.1 Å². The topological polar surface area (TPSA) is 81.1 Å². The highest BCUT2D eigenvalue weighted by molar-refractivity contribution is 8.00. The van der Waals surface area contributed by atoms with Crippen LogP contribution in [0.1, 0.15) is 43.3 Å². The van der Waals surface area contributed by atoms with Gasteiger partial charge < -0.3 is 15.5 Å². The van der Waals surface area contributed by atoms with E-state index in [0.717, 1.165) is 36.3 Å². The van der Waals surface area contributed by atoms with Crippen molar-refractivity contribution in [3.8, 4) is 5.75 Å². The first-order valence-corrected chi connectivity index (χ1v) is 11.9. The molecule has 0 saturated carbocycles. The number of aromatic nitrogens is 3. The average Bonchev–Trinajstić information content (AvgIpc) is 3.20. The highest BCUT2D eigenvalue weighted by atomic mass is 35.5. The molecule has 3 aromatic rings. The predicted molar refractivity (Wildman–Crippen MR) is 128 cm³/mol. The fraction of sp³-hybridized carbons (Fsp3) is 0.348. The number of carbonyl (C=O) groups is 1. The first-order valence-electron chi connectivity index (χ1n) is 10.6. The molecule has 0 aliphatic carbocycles. The van der Waals surface area contributed by atoms with Crippen molar-refractivity contribution in [2.45, 2.75) is 49.6 Å². The molecule has 2 heterocycles. The van der Waals surface area contributed by atoms with E-state index in [0.29, 0.717) is 15.9 Å². The minimum atomic E-state index is -0.475. The van der Waals surface area contributed by atoms with E-state index >= 15 is 0 Å². The Morgan fingerprint density at radius 2 is 2.00 bits per heavy atom. The summed E-state index contributed by atoms with van der Waals surface area (Å²) in [5.74, 6) is 1.32. The second kappa shape index (κ2) is 9.83. The summed E-state index contributed by atoms with van der Waals surface area (Å²) in [6.07, 6.45) is 2.69. The molecule has 2 aromatic carbocycles. The highest BCUT2D eigenvalue weighted by Gasteiger charge is 2.38. The van der Waals surface area contributed by atoms with Crippen LogP contribution in [0.5, 0.6) is 5.75 Å². The second-order valence-corrected chi connectivity index (χ2v) is 9.08. The van der Waals surface area contributed by atoms with E-state index in [1.165, 1.54) is 17.3 Å². The third-order valence-electron chi connectivity index (χ3n) is 5.40. The van der Waals surface area contributed by atoms with Gasteiger partial charge in [-0.1, -0.05) is 55.4 Å². The van der Waals surface area contributed by atoms with E-state index < -0.39 is 5.25 Å². The van der Waals surface area contributed by atoms with Crippen molar-refractivity contribution in [1.82, 2.24) is 14.9 Å². The molecule has 0 radical (unpaired) electrons. The Kier molecular flexibility index (Phi) is 6.91. The fourth-order valence-electron chi connectivity index (χ4n) is 3.65. The Labute approximate surface area is 196 Å². The van der Waals surface area contributed by atoms with Crippen molar-refractivity contribution in [3.05, 3.63) is 64.4 Å². The SMILES string of the molecule is CCCc1nnc2n1N[C@@H](c1ccc(OC)c(Cl)c1)[C@@H](C(=O)Nc1ccc(CC)cc1)S2. The lowest BCUT2D eigenvalue weighted by Crippen LogP contribution is -2.41. The number of ether oxygens (including phenoxy) is 1. The first-order chi connectivity index (χ1) is 15.5. The monoisotopic (exact) mass is 471 g/mol. The number of benzene rings is 2. The van der Waals surface area contributed by atoms with Gasteiger partial charge in [0.1, 0.15) is 11.0 Å². The summed E-state index contributed by atoms with van der Waals surface area (Å²) < 4.78 is 7.18. The zero-order valence-electron chi connectivity index (χ0n) is 18.3. The lowest BCUT2D eigenvalue weighted by molar-refractivity contribution is -0.116. The molecule has 7 nitrogen and oxygen atoms in total. The molecule has 168 valence electrons. The molecule has 0 fully saturated rings. The number of nitrogens with zero attached hydrogens (tertiary/aromatic N) is 3. The summed E-state index contributed by atoms with van der Waals surface area (Å²) in [6, 6.07) is 13.1. The van der Waals surface area contributed by atoms with Crippen LogP contribution in [0.3, 0.4) is 0 Å². The van der Waals surface area contributed by atoms with Crippen LogP contribution in [0, 0.1) is 0 Å². The summed E-state index contributed by atoms with van der Waals surface area (Å²) in [7, 11) is 1.58. The third-order valence-corrected chi connectivity index (χ3v) is 6.91. The van der Waals surface area contributed by atoms with Crippen LogP contribution in [-0.4, -0.2) is 33.1 Å². The average molecular weight is 472 g/mol. The molecule has 0 spiro atoms. The minimum absolute atomic E-state index is 0.116. The van der Waals surface area contributed by atoms with Gasteiger partial charge in [0.05, 0.1) is 18.2 Å². The molecule has 1 aliphatic heterocycles. The number of methoxy groups -OCH3 is 1. The molecule has 2 N–H and O–H groups in total. The van der Waals surface area contributed by atoms with Crippen molar-refractivity contribution < 1.29 is 9.53 Å². The van der Waals surface area contributed by atoms with Gasteiger partial charge in [0.2, 0.25) is 11.1 Å². The molecule has 4 rings (SSSR count). The number of amides is 1. The van der Waals surface area contributed by atoms with Gasteiger partial charge in [-0.15, -0.1) is 10.2 Å². The van der Waals surface area contributed by atoms with Gasteiger partial charge >= 0.3 is 0 Å². The Hall–Kier alpha value is -2.71. The van der Waals surface area contributed by atoms with Crippen LogP contribution >= 0.6 is 23.4 Å². The van der Waals surface area contributed by atoms with E-state index in [2.05, 4.69) is 34.8 Å². The Bertz CT molecular complexity index is 1100.